The molecule has 0 N–H and O–H groups in total. The van der Waals surface area contributed by atoms with Crippen molar-refractivity contribution in [2.24, 2.45) is 0 Å². The summed E-state index contributed by atoms with van der Waals surface area (Å²) in [6, 6.07) is 7.77. The number of halogens is 1. The van der Waals surface area contributed by atoms with E-state index in [9.17, 15) is 0 Å². The van der Waals surface area contributed by atoms with E-state index in [-0.39, 0.29) is 0 Å². The van der Waals surface area contributed by atoms with E-state index in [4.69, 9.17) is 16.3 Å². The van der Waals surface area contributed by atoms with Crippen molar-refractivity contribution in [1.29, 1.82) is 0 Å². The number of ether oxygens (including phenoxy) is 1. The molecule has 0 saturated heterocycles. The molecule has 0 radical (unpaired) electrons. The smallest absolute Gasteiger partial charge is 0.217 e. The lowest BCUT2D eigenvalue weighted by Gasteiger charge is -2.12. The molecule has 0 bridgehead atoms. The Hall–Kier alpha value is -1.28. The van der Waals surface area contributed by atoms with Crippen molar-refractivity contribution in [3.63, 3.8) is 0 Å². The number of pyridine rings is 1. The molecule has 0 aliphatic rings. The molecule has 0 saturated carbocycles. The van der Waals surface area contributed by atoms with Crippen LogP contribution in [0.5, 0.6) is 5.88 Å². The van der Waals surface area contributed by atoms with Crippen LogP contribution in [0.15, 0.2) is 24.3 Å². The van der Waals surface area contributed by atoms with E-state index >= 15 is 0 Å². The fourth-order valence-electron chi connectivity index (χ4n) is 1.72. The minimum atomic E-state index is 0.380. The van der Waals surface area contributed by atoms with Gasteiger partial charge in [-0.3, -0.25) is 0 Å². The summed E-state index contributed by atoms with van der Waals surface area (Å²) in [5.41, 5.74) is 2.02. The number of hydrogen-bond acceptors (Lipinski definition) is 2. The van der Waals surface area contributed by atoms with E-state index in [0.717, 1.165) is 21.5 Å². The van der Waals surface area contributed by atoms with Crippen LogP contribution < -0.4 is 4.74 Å². The first-order valence-corrected chi connectivity index (χ1v) is 5.64. The molecule has 1 heterocycles. The number of rotatable bonds is 2. The molecule has 0 unspecified atom stereocenters. The largest absolute Gasteiger partial charge is 0.481 e. The number of fused-ring (bicyclic) bond motifs is 1. The van der Waals surface area contributed by atoms with Gasteiger partial charge in [0, 0.05) is 16.0 Å². The van der Waals surface area contributed by atoms with Gasteiger partial charge in [-0.1, -0.05) is 25.4 Å². The predicted molar refractivity (Wildman–Crippen MR) is 67.4 cm³/mol. The van der Waals surface area contributed by atoms with Crippen LogP contribution in [-0.2, 0) is 0 Å². The minimum absolute atomic E-state index is 0.380. The highest BCUT2D eigenvalue weighted by Crippen LogP contribution is 2.29. The Kier molecular flexibility index (Phi) is 3.01. The number of aromatic nitrogens is 1. The molecule has 3 heteroatoms. The summed E-state index contributed by atoms with van der Waals surface area (Å²) in [6.07, 6.45) is 0. The van der Waals surface area contributed by atoms with Gasteiger partial charge in [0.2, 0.25) is 5.88 Å². The maximum absolute atomic E-state index is 5.97. The second-order valence-corrected chi connectivity index (χ2v) is 4.52. The van der Waals surface area contributed by atoms with Crippen LogP contribution in [0.3, 0.4) is 0 Å². The van der Waals surface area contributed by atoms with E-state index in [0.29, 0.717) is 11.8 Å². The van der Waals surface area contributed by atoms with Gasteiger partial charge in [0.05, 0.1) is 12.6 Å². The molecular weight excluding hydrogens is 222 g/mol. The molecule has 2 nitrogen and oxygen atoms in total. The zero-order valence-corrected chi connectivity index (χ0v) is 10.4. The fraction of sp³-hybridized carbons (Fsp3) is 0.308. The maximum atomic E-state index is 5.97. The van der Waals surface area contributed by atoms with Crippen molar-refractivity contribution < 1.29 is 4.74 Å². The normalized spacial score (nSPS) is 11.1. The molecule has 0 amide bonds. The second kappa shape index (κ2) is 4.30. The van der Waals surface area contributed by atoms with Crippen LogP contribution in [0.4, 0.5) is 0 Å². The summed E-state index contributed by atoms with van der Waals surface area (Å²) >= 11 is 5.97. The quantitative estimate of drug-likeness (QED) is 0.784. The first kappa shape index (κ1) is 11.2. The van der Waals surface area contributed by atoms with Crippen molar-refractivity contribution in [2.75, 3.05) is 7.11 Å². The van der Waals surface area contributed by atoms with Crippen LogP contribution in [-0.4, -0.2) is 12.1 Å². The maximum Gasteiger partial charge on any atom is 0.217 e. The molecule has 0 atom stereocenters. The van der Waals surface area contributed by atoms with Gasteiger partial charge in [-0.05, 0) is 30.2 Å². The van der Waals surface area contributed by atoms with Gasteiger partial charge in [-0.15, -0.1) is 0 Å². The van der Waals surface area contributed by atoms with Crippen LogP contribution in [0.2, 0.25) is 5.02 Å². The minimum Gasteiger partial charge on any atom is -0.481 e. The Labute approximate surface area is 100 Å². The number of nitrogens with zero attached hydrogens (tertiary/aromatic N) is 1. The third-order valence-corrected chi connectivity index (χ3v) is 2.82. The van der Waals surface area contributed by atoms with E-state index in [2.05, 4.69) is 24.9 Å². The van der Waals surface area contributed by atoms with E-state index < -0.39 is 0 Å². The van der Waals surface area contributed by atoms with E-state index in [1.165, 1.54) is 0 Å². The highest BCUT2D eigenvalue weighted by molar-refractivity contribution is 6.31. The van der Waals surface area contributed by atoms with Gasteiger partial charge < -0.3 is 4.74 Å². The highest BCUT2D eigenvalue weighted by atomic mass is 35.5. The van der Waals surface area contributed by atoms with E-state index in [1.54, 1.807) is 7.11 Å². The molecule has 2 aromatic rings. The zero-order valence-electron chi connectivity index (χ0n) is 9.62. The fourth-order valence-corrected chi connectivity index (χ4v) is 1.90. The van der Waals surface area contributed by atoms with Gasteiger partial charge in [0.15, 0.2) is 0 Å². The van der Waals surface area contributed by atoms with E-state index in [1.807, 2.05) is 18.2 Å². The lowest BCUT2D eigenvalue weighted by atomic mass is 10.0. The highest BCUT2D eigenvalue weighted by Gasteiger charge is 2.10. The third kappa shape index (κ3) is 1.98. The van der Waals surface area contributed by atoms with Crippen molar-refractivity contribution in [3.8, 4) is 5.88 Å². The second-order valence-electron chi connectivity index (χ2n) is 4.08. The molecule has 0 fully saturated rings. The molecule has 0 aliphatic carbocycles. The molecule has 16 heavy (non-hydrogen) atoms. The third-order valence-electron chi connectivity index (χ3n) is 2.58. The van der Waals surface area contributed by atoms with Gasteiger partial charge in [0.25, 0.3) is 0 Å². The first-order chi connectivity index (χ1) is 7.61. The van der Waals surface area contributed by atoms with Crippen molar-refractivity contribution in [3.05, 3.63) is 34.9 Å². The lowest BCUT2D eigenvalue weighted by molar-refractivity contribution is 0.392. The topological polar surface area (TPSA) is 22.1 Å². The molecule has 2 rings (SSSR count). The number of methoxy groups -OCH3 is 1. The molecule has 0 spiro atoms. The molecule has 1 aromatic carbocycles. The summed E-state index contributed by atoms with van der Waals surface area (Å²) in [4.78, 5) is 4.48. The predicted octanol–water partition coefficient (Wildman–Crippen LogP) is 4.02. The standard InChI is InChI=1S/C13H14ClNO/c1-8(2)11-7-9-6-10(14)4-5-12(9)15-13(11)16-3/h4-8H,1-3H3. The molecule has 1 aromatic heterocycles. The lowest BCUT2D eigenvalue weighted by Crippen LogP contribution is -1.97. The monoisotopic (exact) mass is 235 g/mol. The molecule has 84 valence electrons. The number of benzene rings is 1. The summed E-state index contributed by atoms with van der Waals surface area (Å²) in [5, 5.41) is 1.78. The average molecular weight is 236 g/mol. The Morgan fingerprint density at radius 3 is 2.62 bits per heavy atom. The Morgan fingerprint density at radius 2 is 2.00 bits per heavy atom. The zero-order chi connectivity index (χ0) is 11.7. The first-order valence-electron chi connectivity index (χ1n) is 5.26. The molecular formula is C13H14ClNO. The van der Waals surface area contributed by atoms with Gasteiger partial charge >= 0.3 is 0 Å². The SMILES string of the molecule is COc1nc2ccc(Cl)cc2cc1C(C)C. The molecule has 0 aliphatic heterocycles. The van der Waals surface area contributed by atoms with Gasteiger partial charge in [-0.25, -0.2) is 4.98 Å². The average Bonchev–Trinajstić information content (AvgIpc) is 2.27. The number of hydrogen-bond donors (Lipinski definition) is 0. The van der Waals surface area contributed by atoms with Crippen LogP contribution in [0, 0.1) is 0 Å². The van der Waals surface area contributed by atoms with Crippen LogP contribution >= 0.6 is 11.6 Å². The van der Waals surface area contributed by atoms with Crippen molar-refractivity contribution >= 4 is 22.5 Å². The van der Waals surface area contributed by atoms with Gasteiger partial charge in [-0.2, -0.15) is 0 Å². The van der Waals surface area contributed by atoms with Crippen molar-refractivity contribution in [2.45, 2.75) is 19.8 Å². The Bertz CT molecular complexity index is 523. The van der Waals surface area contributed by atoms with Gasteiger partial charge in [0.1, 0.15) is 0 Å². The summed E-state index contributed by atoms with van der Waals surface area (Å²) in [5.74, 6) is 1.08. The van der Waals surface area contributed by atoms with Crippen LogP contribution in [0.1, 0.15) is 25.3 Å². The summed E-state index contributed by atoms with van der Waals surface area (Å²) in [7, 11) is 1.65. The van der Waals surface area contributed by atoms with Crippen LogP contribution in [0.25, 0.3) is 10.9 Å². The Balaban J connectivity index is 2.70. The Morgan fingerprint density at radius 1 is 1.25 bits per heavy atom. The van der Waals surface area contributed by atoms with Crippen molar-refractivity contribution in [1.82, 2.24) is 4.98 Å². The summed E-state index contributed by atoms with van der Waals surface area (Å²) < 4.78 is 5.30. The summed E-state index contributed by atoms with van der Waals surface area (Å²) in [6.45, 7) is 4.24.